The largest absolute Gasteiger partial charge is 0.322 e. The summed E-state index contributed by atoms with van der Waals surface area (Å²) in [6.45, 7) is 2.03. The summed E-state index contributed by atoms with van der Waals surface area (Å²) in [4.78, 5) is 27.5. The first-order chi connectivity index (χ1) is 15.6. The van der Waals surface area contributed by atoms with Crippen molar-refractivity contribution in [2.75, 3.05) is 16.0 Å². The van der Waals surface area contributed by atoms with Crippen LogP contribution < -0.4 is 10.2 Å². The molecule has 0 saturated carbocycles. The summed E-state index contributed by atoms with van der Waals surface area (Å²) < 4.78 is 0. The van der Waals surface area contributed by atoms with Gasteiger partial charge < -0.3 is 5.32 Å². The number of carbonyl (C=O) groups excluding carboxylic acids is 2. The lowest BCUT2D eigenvalue weighted by Crippen LogP contribution is -2.27. The quantitative estimate of drug-likeness (QED) is 0.414. The lowest BCUT2D eigenvalue weighted by Gasteiger charge is -2.25. The van der Waals surface area contributed by atoms with Crippen LogP contribution in [0.5, 0.6) is 0 Å². The first-order valence-corrected chi connectivity index (χ1v) is 11.5. The summed E-state index contributed by atoms with van der Waals surface area (Å²) >= 11 is 1.60. The molecule has 0 spiro atoms. The van der Waals surface area contributed by atoms with Gasteiger partial charge in [0.1, 0.15) is 5.37 Å². The third-order valence-electron chi connectivity index (χ3n) is 5.64. The fourth-order valence-electron chi connectivity index (χ4n) is 4.05. The topological polar surface area (TPSA) is 49.4 Å². The minimum atomic E-state index is -0.149. The van der Waals surface area contributed by atoms with Crippen molar-refractivity contribution in [2.45, 2.75) is 12.3 Å². The molecular formula is C27H22N2O2S. The molecule has 5 heteroatoms. The number of hydrogen-bond donors (Lipinski definition) is 1. The normalized spacial score (nSPS) is 15.8. The first-order valence-electron chi connectivity index (χ1n) is 10.5. The van der Waals surface area contributed by atoms with E-state index in [2.05, 4.69) is 5.32 Å². The van der Waals surface area contributed by atoms with E-state index in [-0.39, 0.29) is 17.2 Å². The lowest BCUT2D eigenvalue weighted by molar-refractivity contribution is -0.115. The van der Waals surface area contributed by atoms with Gasteiger partial charge in [-0.1, -0.05) is 66.2 Å². The predicted molar refractivity (Wildman–Crippen MR) is 132 cm³/mol. The van der Waals surface area contributed by atoms with Crippen LogP contribution in [0.3, 0.4) is 0 Å². The molecule has 0 aromatic heterocycles. The highest BCUT2D eigenvalue weighted by atomic mass is 32.2. The zero-order chi connectivity index (χ0) is 22.1. The number of anilines is 2. The number of fused-ring (bicyclic) bond motifs is 1. The average molecular weight is 439 g/mol. The van der Waals surface area contributed by atoms with Gasteiger partial charge in [0.2, 0.25) is 5.91 Å². The Bertz CT molecular complexity index is 1310. The number of carbonyl (C=O) groups is 2. The molecule has 0 aliphatic carbocycles. The Morgan fingerprint density at radius 1 is 0.938 bits per heavy atom. The van der Waals surface area contributed by atoms with Gasteiger partial charge in [0.05, 0.1) is 5.75 Å². The molecular weight excluding hydrogens is 416 g/mol. The summed E-state index contributed by atoms with van der Waals surface area (Å²) in [7, 11) is 0. The zero-order valence-electron chi connectivity index (χ0n) is 17.6. The van der Waals surface area contributed by atoms with Crippen LogP contribution in [0, 0.1) is 6.92 Å². The number of rotatable bonds is 4. The summed E-state index contributed by atoms with van der Waals surface area (Å²) in [5, 5.41) is 4.86. The molecule has 2 amide bonds. The van der Waals surface area contributed by atoms with E-state index >= 15 is 0 Å². The van der Waals surface area contributed by atoms with Crippen molar-refractivity contribution in [3.63, 3.8) is 0 Å². The van der Waals surface area contributed by atoms with Crippen LogP contribution in [0.2, 0.25) is 0 Å². The monoisotopic (exact) mass is 438 g/mol. The van der Waals surface area contributed by atoms with Crippen molar-refractivity contribution in [1.82, 2.24) is 0 Å². The summed E-state index contributed by atoms with van der Waals surface area (Å²) in [6, 6.07) is 29.4. The highest BCUT2D eigenvalue weighted by molar-refractivity contribution is 8.00. The van der Waals surface area contributed by atoms with Gasteiger partial charge in [-0.2, -0.15) is 0 Å². The van der Waals surface area contributed by atoms with Gasteiger partial charge in [-0.05, 0) is 53.6 Å². The number of hydrogen-bond acceptors (Lipinski definition) is 3. The summed E-state index contributed by atoms with van der Waals surface area (Å²) in [6.07, 6.45) is 0. The molecule has 4 aromatic rings. The fraction of sp³-hybridized carbons (Fsp3) is 0.111. The molecule has 1 fully saturated rings. The number of benzene rings is 4. The van der Waals surface area contributed by atoms with Gasteiger partial charge in [-0.25, -0.2) is 0 Å². The van der Waals surface area contributed by atoms with Crippen molar-refractivity contribution >= 4 is 45.7 Å². The Morgan fingerprint density at radius 2 is 1.69 bits per heavy atom. The maximum atomic E-state index is 13.0. The van der Waals surface area contributed by atoms with Crippen LogP contribution in [-0.2, 0) is 4.79 Å². The van der Waals surface area contributed by atoms with Gasteiger partial charge in [0.15, 0.2) is 0 Å². The smallest absolute Gasteiger partial charge is 0.256 e. The molecule has 1 N–H and O–H groups in total. The fourth-order valence-corrected chi connectivity index (χ4v) is 5.21. The molecule has 158 valence electrons. The molecule has 1 aliphatic heterocycles. The van der Waals surface area contributed by atoms with Crippen molar-refractivity contribution in [3.8, 4) is 0 Å². The summed E-state index contributed by atoms with van der Waals surface area (Å²) in [5.74, 6) is 0.379. The second kappa shape index (κ2) is 8.52. The summed E-state index contributed by atoms with van der Waals surface area (Å²) in [5.41, 5.74) is 4.38. The number of amides is 2. The van der Waals surface area contributed by atoms with Gasteiger partial charge in [0.25, 0.3) is 5.91 Å². The molecule has 0 bridgehead atoms. The maximum Gasteiger partial charge on any atom is 0.256 e. The maximum absolute atomic E-state index is 13.0. The molecule has 1 saturated heterocycles. The minimum Gasteiger partial charge on any atom is -0.322 e. The lowest BCUT2D eigenvalue weighted by atomic mass is 10.0. The van der Waals surface area contributed by atoms with Crippen LogP contribution >= 0.6 is 11.8 Å². The Hall–Kier alpha value is -3.57. The van der Waals surface area contributed by atoms with Gasteiger partial charge in [-0.15, -0.1) is 11.8 Å². The van der Waals surface area contributed by atoms with Crippen LogP contribution in [0.25, 0.3) is 10.8 Å². The SMILES string of the molecule is Cc1ccc(N2C(=O)CSC2c2cccc(NC(=O)c3cccc4ccccc34)c2)cc1. The second-order valence-electron chi connectivity index (χ2n) is 7.87. The highest BCUT2D eigenvalue weighted by Crippen LogP contribution is 2.42. The number of nitrogens with one attached hydrogen (secondary N) is 1. The standard InChI is InChI=1S/C27H22N2O2S/c1-18-12-14-22(15-13-18)29-25(30)17-32-27(29)20-8-4-9-21(16-20)28-26(31)24-11-5-7-19-6-2-3-10-23(19)24/h2-16,27H,17H2,1H3,(H,28,31). The van der Waals surface area contributed by atoms with E-state index < -0.39 is 0 Å². The third-order valence-corrected chi connectivity index (χ3v) is 6.86. The van der Waals surface area contributed by atoms with Crippen molar-refractivity contribution < 1.29 is 9.59 Å². The van der Waals surface area contributed by atoms with E-state index in [1.807, 2.05) is 103 Å². The van der Waals surface area contributed by atoms with E-state index in [1.54, 1.807) is 11.8 Å². The second-order valence-corrected chi connectivity index (χ2v) is 8.94. The van der Waals surface area contributed by atoms with Crippen LogP contribution in [0.4, 0.5) is 11.4 Å². The molecule has 1 aliphatic rings. The van der Waals surface area contributed by atoms with Crippen molar-refractivity contribution in [3.05, 3.63) is 108 Å². The van der Waals surface area contributed by atoms with Crippen LogP contribution in [0.15, 0.2) is 91.0 Å². The Balaban J connectivity index is 1.42. The minimum absolute atomic E-state index is 0.0917. The van der Waals surface area contributed by atoms with E-state index in [9.17, 15) is 9.59 Å². The number of aryl methyl sites for hydroxylation is 1. The molecule has 1 heterocycles. The van der Waals surface area contributed by atoms with Gasteiger partial charge in [-0.3, -0.25) is 14.5 Å². The van der Waals surface area contributed by atoms with Gasteiger partial charge >= 0.3 is 0 Å². The van der Waals surface area contributed by atoms with Crippen LogP contribution in [0.1, 0.15) is 26.9 Å². The van der Waals surface area contributed by atoms with Crippen molar-refractivity contribution in [1.29, 1.82) is 0 Å². The molecule has 32 heavy (non-hydrogen) atoms. The third kappa shape index (κ3) is 3.87. The van der Waals surface area contributed by atoms with E-state index in [0.717, 1.165) is 27.6 Å². The average Bonchev–Trinajstić information content (AvgIpc) is 3.20. The molecule has 0 radical (unpaired) electrons. The van der Waals surface area contributed by atoms with Gasteiger partial charge in [0, 0.05) is 16.9 Å². The molecule has 5 rings (SSSR count). The molecule has 4 nitrogen and oxygen atoms in total. The predicted octanol–water partition coefficient (Wildman–Crippen LogP) is 6.18. The molecule has 1 unspecified atom stereocenters. The van der Waals surface area contributed by atoms with Crippen molar-refractivity contribution in [2.24, 2.45) is 0 Å². The first kappa shape index (κ1) is 20.3. The Morgan fingerprint density at radius 3 is 2.53 bits per heavy atom. The Labute approximate surface area is 191 Å². The van der Waals surface area contributed by atoms with E-state index in [0.29, 0.717) is 17.0 Å². The van der Waals surface area contributed by atoms with Crippen LogP contribution in [-0.4, -0.2) is 17.6 Å². The van der Waals surface area contributed by atoms with E-state index in [1.165, 1.54) is 0 Å². The number of thioether (sulfide) groups is 1. The zero-order valence-corrected chi connectivity index (χ0v) is 18.4. The number of nitrogens with zero attached hydrogens (tertiary/aromatic N) is 1. The highest BCUT2D eigenvalue weighted by Gasteiger charge is 2.34. The molecule has 1 atom stereocenters. The van der Waals surface area contributed by atoms with E-state index in [4.69, 9.17) is 0 Å². The Kier molecular flexibility index (Phi) is 5.41. The molecule has 4 aromatic carbocycles.